The molecule has 2 aliphatic heterocycles. The number of alkyl halides is 3. The van der Waals surface area contributed by atoms with Crippen LogP contribution in [0.4, 0.5) is 13.2 Å². The second-order valence-electron chi connectivity index (χ2n) is 14.2. The van der Waals surface area contributed by atoms with E-state index in [2.05, 4.69) is 15.9 Å². The number of piperidine rings is 1. The van der Waals surface area contributed by atoms with E-state index in [9.17, 15) is 32.7 Å². The van der Waals surface area contributed by atoms with E-state index in [1.54, 1.807) is 6.07 Å². The minimum Gasteiger partial charge on any atom is -0.481 e. The van der Waals surface area contributed by atoms with Gasteiger partial charge in [-0.1, -0.05) is 12.1 Å². The van der Waals surface area contributed by atoms with Gasteiger partial charge in [-0.25, -0.2) is 4.79 Å². The Balaban J connectivity index is 0.000000515. The number of halogens is 3. The van der Waals surface area contributed by atoms with E-state index >= 15 is 0 Å². The van der Waals surface area contributed by atoms with Crippen molar-refractivity contribution in [3.63, 3.8) is 0 Å². The van der Waals surface area contributed by atoms with Crippen LogP contribution in [0.2, 0.25) is 0 Å². The van der Waals surface area contributed by atoms with Crippen LogP contribution in [0.1, 0.15) is 98.9 Å². The lowest BCUT2D eigenvalue weighted by Crippen LogP contribution is -2.54. The molecule has 0 radical (unpaired) electrons. The Kier molecular flexibility index (Phi) is 9.82. The van der Waals surface area contributed by atoms with E-state index < -0.39 is 18.1 Å². The number of fused-ring (bicyclic) bond motifs is 2. The third kappa shape index (κ3) is 7.99. The Morgan fingerprint density at radius 3 is 1.96 bits per heavy atom. The molecule has 1 aromatic carbocycles. The first-order chi connectivity index (χ1) is 21.2. The van der Waals surface area contributed by atoms with Crippen LogP contribution in [0, 0.1) is 23.2 Å². The Morgan fingerprint density at radius 1 is 0.911 bits per heavy atom. The summed E-state index contributed by atoms with van der Waals surface area (Å²) in [4.78, 5) is 49.9. The zero-order chi connectivity index (χ0) is 32.5. The van der Waals surface area contributed by atoms with Crippen molar-refractivity contribution in [3.05, 3.63) is 35.4 Å². The highest BCUT2D eigenvalue weighted by molar-refractivity contribution is 5.92. The molecule has 6 bridgehead atoms. The third-order valence-corrected chi connectivity index (χ3v) is 11.0. The number of aliphatic carboxylic acids is 2. The summed E-state index contributed by atoms with van der Waals surface area (Å²) in [6, 6.07) is 8.80. The number of hydrogen-bond donors (Lipinski definition) is 3. The molecule has 2 saturated heterocycles. The fourth-order valence-corrected chi connectivity index (χ4v) is 9.65. The molecular formula is C33H44F3N3O6. The molecule has 7 rings (SSSR count). The molecule has 248 valence electrons. The average molecular weight is 636 g/mol. The number of nitrogens with two attached hydrogens (primary N) is 1. The van der Waals surface area contributed by atoms with E-state index in [1.165, 1.54) is 56.9 Å². The van der Waals surface area contributed by atoms with Gasteiger partial charge in [0.2, 0.25) is 11.8 Å². The van der Waals surface area contributed by atoms with Crippen molar-refractivity contribution in [1.29, 1.82) is 0 Å². The average Bonchev–Trinajstić information content (AvgIpc) is 3.19. The molecule has 1 unspecified atom stereocenters. The summed E-state index contributed by atoms with van der Waals surface area (Å²) < 4.78 is 31.7. The minimum atomic E-state index is -5.08. The van der Waals surface area contributed by atoms with Gasteiger partial charge in [-0.2, -0.15) is 13.2 Å². The number of primary amides is 1. The number of carboxylic acids is 2. The fourth-order valence-electron chi connectivity index (χ4n) is 9.65. The number of amides is 2. The zero-order valence-electron chi connectivity index (χ0n) is 25.5. The molecule has 2 heterocycles. The van der Waals surface area contributed by atoms with Crippen molar-refractivity contribution in [2.24, 2.45) is 28.9 Å². The number of rotatable bonds is 10. The third-order valence-electron chi connectivity index (χ3n) is 11.0. The van der Waals surface area contributed by atoms with Gasteiger partial charge in [-0.05, 0) is 111 Å². The molecular weight excluding hydrogens is 591 g/mol. The summed E-state index contributed by atoms with van der Waals surface area (Å²) in [7, 11) is 0. The largest absolute Gasteiger partial charge is 0.490 e. The molecule has 3 atom stereocenters. The predicted molar refractivity (Wildman–Crippen MR) is 158 cm³/mol. The Morgan fingerprint density at radius 2 is 1.47 bits per heavy atom. The van der Waals surface area contributed by atoms with Gasteiger partial charge in [0, 0.05) is 43.7 Å². The molecule has 6 aliphatic rings. The maximum atomic E-state index is 13.4. The smallest absolute Gasteiger partial charge is 0.481 e. The van der Waals surface area contributed by atoms with Crippen molar-refractivity contribution in [2.75, 3.05) is 19.6 Å². The lowest BCUT2D eigenvalue weighted by Gasteiger charge is -2.58. The summed E-state index contributed by atoms with van der Waals surface area (Å²) in [5.74, 6) is -1.07. The van der Waals surface area contributed by atoms with Crippen LogP contribution >= 0.6 is 0 Å². The van der Waals surface area contributed by atoms with E-state index in [4.69, 9.17) is 15.6 Å². The highest BCUT2D eigenvalue weighted by Gasteiger charge is 2.52. The SMILES string of the molecule is NC(=O)c1cccc(C2C[C@H]3CC[C@@H](C2)N3CCN(CC23CC4CC(CC(C4)C2)C3)C(=O)CCC(=O)O)c1.O=C(O)C(F)(F)F. The molecule has 45 heavy (non-hydrogen) atoms. The maximum Gasteiger partial charge on any atom is 0.490 e. The number of carbonyl (C=O) groups excluding carboxylic acids is 2. The van der Waals surface area contributed by atoms with Gasteiger partial charge >= 0.3 is 18.1 Å². The molecule has 4 saturated carbocycles. The number of carbonyl (C=O) groups is 4. The highest BCUT2D eigenvalue weighted by Crippen LogP contribution is 2.60. The molecule has 4 aliphatic carbocycles. The second kappa shape index (κ2) is 13.3. The maximum absolute atomic E-state index is 13.4. The zero-order valence-corrected chi connectivity index (χ0v) is 25.5. The lowest BCUT2D eigenvalue weighted by atomic mass is 9.49. The standard InChI is InChI=1S/C31H43N3O4.C2HF3O2/c32-30(38)24-3-1-2-23(13-24)25-14-26-4-5-27(15-25)34(26)9-8-33(28(35)6-7-29(36)37)19-31-16-20-10-21(17-31)12-22(11-20)18-31;3-2(4,5)1(6)7/h1-3,13,20-22,25-27H,4-12,14-19H2,(H2,32,38)(H,36,37);(H,6,7)/t20?,21?,22?,25?,26-,27+,31?;. The Labute approximate surface area is 261 Å². The first-order valence-corrected chi connectivity index (χ1v) is 16.2. The molecule has 12 heteroatoms. The first kappa shape index (κ1) is 33.2. The van der Waals surface area contributed by atoms with Gasteiger partial charge in [-0.15, -0.1) is 0 Å². The van der Waals surface area contributed by atoms with Crippen LogP contribution in [0.15, 0.2) is 24.3 Å². The second-order valence-corrected chi connectivity index (χ2v) is 14.2. The van der Waals surface area contributed by atoms with E-state index in [0.717, 1.165) is 43.7 Å². The van der Waals surface area contributed by atoms with Crippen molar-refractivity contribution in [3.8, 4) is 0 Å². The van der Waals surface area contributed by atoms with E-state index in [-0.39, 0.29) is 30.1 Å². The van der Waals surface area contributed by atoms with Crippen molar-refractivity contribution < 1.29 is 42.6 Å². The molecule has 2 amide bonds. The van der Waals surface area contributed by atoms with Gasteiger partial charge in [0.05, 0.1) is 6.42 Å². The lowest BCUT2D eigenvalue weighted by molar-refractivity contribution is -0.192. The molecule has 9 nitrogen and oxygen atoms in total. The normalized spacial score (nSPS) is 31.6. The van der Waals surface area contributed by atoms with Gasteiger partial charge in [0.1, 0.15) is 0 Å². The summed E-state index contributed by atoms with van der Waals surface area (Å²) in [5.41, 5.74) is 7.58. The molecule has 0 aromatic heterocycles. The van der Waals surface area contributed by atoms with Crippen LogP contribution in [0.5, 0.6) is 0 Å². The topological polar surface area (TPSA) is 141 Å². The highest BCUT2D eigenvalue weighted by atomic mass is 19.4. The van der Waals surface area contributed by atoms with Crippen molar-refractivity contribution in [1.82, 2.24) is 9.80 Å². The van der Waals surface area contributed by atoms with Crippen molar-refractivity contribution in [2.45, 2.75) is 101 Å². The summed E-state index contributed by atoms with van der Waals surface area (Å²) in [6.07, 6.45) is 7.34. The summed E-state index contributed by atoms with van der Waals surface area (Å²) >= 11 is 0. The molecule has 0 spiro atoms. The first-order valence-electron chi connectivity index (χ1n) is 16.2. The fraction of sp³-hybridized carbons (Fsp3) is 0.697. The predicted octanol–water partition coefficient (Wildman–Crippen LogP) is 5.04. The van der Waals surface area contributed by atoms with Gasteiger partial charge in [0.15, 0.2) is 0 Å². The molecule has 6 fully saturated rings. The van der Waals surface area contributed by atoms with E-state index in [0.29, 0.717) is 30.1 Å². The van der Waals surface area contributed by atoms with Crippen LogP contribution in [-0.4, -0.2) is 81.7 Å². The monoisotopic (exact) mass is 635 g/mol. The van der Waals surface area contributed by atoms with Crippen LogP contribution in [0.3, 0.4) is 0 Å². The van der Waals surface area contributed by atoms with E-state index in [1.807, 2.05) is 12.1 Å². The minimum absolute atomic E-state index is 0.0219. The van der Waals surface area contributed by atoms with Gasteiger partial charge in [-0.3, -0.25) is 19.3 Å². The Hall–Kier alpha value is -3.15. The number of benzene rings is 1. The summed E-state index contributed by atoms with van der Waals surface area (Å²) in [5, 5.41) is 16.3. The van der Waals surface area contributed by atoms with Crippen LogP contribution in [-0.2, 0) is 14.4 Å². The molecule has 4 N–H and O–H groups in total. The van der Waals surface area contributed by atoms with Crippen molar-refractivity contribution >= 4 is 23.8 Å². The van der Waals surface area contributed by atoms with Gasteiger partial charge in [0.25, 0.3) is 0 Å². The van der Waals surface area contributed by atoms with Gasteiger partial charge < -0.3 is 20.8 Å². The number of nitrogens with zero attached hydrogens (tertiary/aromatic N) is 2. The number of hydrogen-bond acceptors (Lipinski definition) is 5. The van der Waals surface area contributed by atoms with Crippen LogP contribution < -0.4 is 5.73 Å². The number of carboxylic acid groups (broad SMARTS) is 2. The summed E-state index contributed by atoms with van der Waals surface area (Å²) in [6.45, 7) is 2.39. The van der Waals surface area contributed by atoms with Crippen LogP contribution in [0.25, 0.3) is 0 Å². The molecule has 1 aromatic rings. The Bertz CT molecular complexity index is 1240. The quantitative estimate of drug-likeness (QED) is 0.327.